The molecular formula is C13H17Cl2N3O4S. The van der Waals surface area contributed by atoms with Crippen molar-refractivity contribution in [3.63, 3.8) is 0 Å². The highest BCUT2D eigenvalue weighted by Crippen LogP contribution is 2.23. The summed E-state index contributed by atoms with van der Waals surface area (Å²) in [6.45, 7) is 2.93. The van der Waals surface area contributed by atoms with Gasteiger partial charge in [0.1, 0.15) is 10.0 Å². The van der Waals surface area contributed by atoms with Crippen molar-refractivity contribution in [2.75, 3.05) is 19.7 Å². The summed E-state index contributed by atoms with van der Waals surface area (Å²) in [5, 5.41) is 0.125. The molecule has 2 rings (SSSR count). The number of likely N-dealkylation sites (tertiary alicyclic amines) is 1. The van der Waals surface area contributed by atoms with Crippen LogP contribution in [0, 0.1) is 0 Å². The van der Waals surface area contributed by atoms with E-state index in [-0.39, 0.29) is 27.2 Å². The van der Waals surface area contributed by atoms with Crippen LogP contribution in [-0.2, 0) is 14.8 Å². The molecular weight excluding hydrogens is 365 g/mol. The zero-order valence-electron chi connectivity index (χ0n) is 12.5. The smallest absolute Gasteiger partial charge is 0.409 e. The first-order valence-corrected chi connectivity index (χ1v) is 9.32. The average molecular weight is 382 g/mol. The first-order chi connectivity index (χ1) is 10.8. The predicted molar refractivity (Wildman–Crippen MR) is 86.2 cm³/mol. The number of hydrogen-bond acceptors (Lipinski definition) is 5. The quantitative estimate of drug-likeness (QED) is 0.808. The monoisotopic (exact) mass is 381 g/mol. The Hall–Kier alpha value is -1.09. The van der Waals surface area contributed by atoms with E-state index in [1.807, 2.05) is 0 Å². The molecule has 1 fully saturated rings. The van der Waals surface area contributed by atoms with Gasteiger partial charge < -0.3 is 9.64 Å². The Bertz CT molecular complexity index is 676. The molecule has 0 radical (unpaired) electrons. The van der Waals surface area contributed by atoms with Gasteiger partial charge in [-0.3, -0.25) is 0 Å². The van der Waals surface area contributed by atoms with Crippen LogP contribution in [0.15, 0.2) is 17.2 Å². The van der Waals surface area contributed by atoms with Crippen molar-refractivity contribution in [3.05, 3.63) is 22.4 Å². The van der Waals surface area contributed by atoms with Crippen molar-refractivity contribution in [1.29, 1.82) is 0 Å². The normalized spacial score (nSPS) is 16.4. The lowest BCUT2D eigenvalue weighted by molar-refractivity contribution is 0.0966. The molecule has 23 heavy (non-hydrogen) atoms. The molecule has 2 heterocycles. The number of ether oxygens (including phenoxy) is 1. The summed E-state index contributed by atoms with van der Waals surface area (Å²) in [5.74, 6) is 0. The average Bonchev–Trinajstić information content (AvgIpc) is 2.50. The fraction of sp³-hybridized carbons (Fsp3) is 0.538. The first kappa shape index (κ1) is 18.3. The number of sulfonamides is 1. The highest BCUT2D eigenvalue weighted by molar-refractivity contribution is 7.89. The lowest BCUT2D eigenvalue weighted by atomic mass is 10.1. The van der Waals surface area contributed by atoms with Crippen molar-refractivity contribution in [2.45, 2.75) is 30.7 Å². The van der Waals surface area contributed by atoms with Crippen LogP contribution in [0.2, 0.25) is 10.2 Å². The molecule has 0 bridgehead atoms. The molecule has 0 saturated carbocycles. The molecule has 1 aromatic rings. The maximum atomic E-state index is 12.3. The van der Waals surface area contributed by atoms with Crippen LogP contribution in [-0.4, -0.2) is 50.1 Å². The van der Waals surface area contributed by atoms with Crippen LogP contribution in [0.1, 0.15) is 19.8 Å². The topological polar surface area (TPSA) is 88.6 Å². The third-order valence-corrected chi connectivity index (χ3v) is 5.60. The SMILES string of the molecule is CCOC(=O)N1CCC(NS(=O)(=O)c2cnc(Cl)c(Cl)c2)CC1. The molecule has 7 nitrogen and oxygen atoms in total. The van der Waals surface area contributed by atoms with Gasteiger partial charge in [-0.15, -0.1) is 0 Å². The van der Waals surface area contributed by atoms with Gasteiger partial charge in [0.15, 0.2) is 0 Å². The summed E-state index contributed by atoms with van der Waals surface area (Å²) in [4.78, 5) is 16.9. The van der Waals surface area contributed by atoms with Gasteiger partial charge in [-0.2, -0.15) is 0 Å². The number of nitrogens with zero attached hydrogens (tertiary/aromatic N) is 2. The minimum absolute atomic E-state index is 0.0419. The summed E-state index contributed by atoms with van der Waals surface area (Å²) in [6.07, 6.45) is 1.80. The Kier molecular flexibility index (Phi) is 6.07. The number of amides is 1. The van der Waals surface area contributed by atoms with Gasteiger partial charge in [0.25, 0.3) is 0 Å². The summed E-state index contributed by atoms with van der Waals surface area (Å²) in [6, 6.07) is 0.993. The van der Waals surface area contributed by atoms with Crippen molar-refractivity contribution in [3.8, 4) is 0 Å². The third-order valence-electron chi connectivity index (χ3n) is 3.42. The number of pyridine rings is 1. The molecule has 10 heteroatoms. The van der Waals surface area contributed by atoms with Crippen LogP contribution >= 0.6 is 23.2 Å². The van der Waals surface area contributed by atoms with Crippen LogP contribution in [0.4, 0.5) is 4.79 Å². The van der Waals surface area contributed by atoms with E-state index in [0.717, 1.165) is 6.20 Å². The highest BCUT2D eigenvalue weighted by atomic mass is 35.5. The molecule has 0 aromatic carbocycles. The second-order valence-corrected chi connectivity index (χ2v) is 7.50. The largest absolute Gasteiger partial charge is 0.450 e. The summed E-state index contributed by atoms with van der Waals surface area (Å²) in [7, 11) is -3.74. The van der Waals surface area contributed by atoms with Crippen LogP contribution in [0.25, 0.3) is 0 Å². The second kappa shape index (κ2) is 7.65. The minimum Gasteiger partial charge on any atom is -0.450 e. The van der Waals surface area contributed by atoms with Crippen molar-refractivity contribution in [2.24, 2.45) is 0 Å². The number of piperidine rings is 1. The zero-order chi connectivity index (χ0) is 17.0. The van der Waals surface area contributed by atoms with E-state index in [9.17, 15) is 13.2 Å². The van der Waals surface area contributed by atoms with Crippen molar-refractivity contribution in [1.82, 2.24) is 14.6 Å². The number of rotatable bonds is 4. The second-order valence-electron chi connectivity index (χ2n) is 5.03. The molecule has 1 N–H and O–H groups in total. The minimum atomic E-state index is -3.74. The number of aromatic nitrogens is 1. The van der Waals surface area contributed by atoms with Gasteiger partial charge >= 0.3 is 6.09 Å². The number of carbonyl (C=O) groups excluding carboxylic acids is 1. The molecule has 1 aromatic heterocycles. The molecule has 0 spiro atoms. The van der Waals surface area contributed by atoms with E-state index in [0.29, 0.717) is 32.5 Å². The first-order valence-electron chi connectivity index (χ1n) is 7.08. The molecule has 0 unspecified atom stereocenters. The lowest BCUT2D eigenvalue weighted by Crippen LogP contribution is -2.46. The van der Waals surface area contributed by atoms with E-state index in [4.69, 9.17) is 27.9 Å². The lowest BCUT2D eigenvalue weighted by Gasteiger charge is -2.31. The molecule has 0 atom stereocenters. The van der Waals surface area contributed by atoms with Crippen LogP contribution in [0.5, 0.6) is 0 Å². The standard InChI is InChI=1S/C13H17Cl2N3O4S/c1-2-22-13(19)18-5-3-9(4-6-18)17-23(20,21)10-7-11(14)12(15)16-8-10/h7-9,17H,2-6H2,1H3. The summed E-state index contributed by atoms with van der Waals surface area (Å²) in [5.41, 5.74) is 0. The highest BCUT2D eigenvalue weighted by Gasteiger charge is 2.27. The van der Waals surface area contributed by atoms with E-state index in [2.05, 4.69) is 9.71 Å². The molecule has 0 aliphatic carbocycles. The Balaban J connectivity index is 1.97. The van der Waals surface area contributed by atoms with Gasteiger partial charge in [-0.05, 0) is 25.8 Å². The fourth-order valence-corrected chi connectivity index (χ4v) is 3.84. The van der Waals surface area contributed by atoms with E-state index in [1.165, 1.54) is 6.07 Å². The van der Waals surface area contributed by atoms with Gasteiger partial charge in [0, 0.05) is 25.3 Å². The number of carbonyl (C=O) groups is 1. The third kappa shape index (κ3) is 4.69. The van der Waals surface area contributed by atoms with Gasteiger partial charge in [-0.25, -0.2) is 22.9 Å². The van der Waals surface area contributed by atoms with Crippen molar-refractivity contribution >= 4 is 39.3 Å². The fourth-order valence-electron chi connectivity index (χ4n) is 2.23. The van der Waals surface area contributed by atoms with E-state index in [1.54, 1.807) is 11.8 Å². The molecule has 128 valence electrons. The zero-order valence-corrected chi connectivity index (χ0v) is 14.8. The van der Waals surface area contributed by atoms with Gasteiger partial charge in [-0.1, -0.05) is 23.2 Å². The summed E-state index contributed by atoms with van der Waals surface area (Å²) >= 11 is 11.5. The Labute approximate surface area is 145 Å². The van der Waals surface area contributed by atoms with Crippen molar-refractivity contribution < 1.29 is 17.9 Å². The summed E-state index contributed by atoms with van der Waals surface area (Å²) < 4.78 is 32.2. The maximum Gasteiger partial charge on any atom is 0.409 e. The van der Waals surface area contributed by atoms with Crippen LogP contribution in [0.3, 0.4) is 0 Å². The molecule has 1 saturated heterocycles. The number of halogens is 2. The van der Waals surface area contributed by atoms with Gasteiger partial charge in [0.05, 0.1) is 11.6 Å². The number of nitrogens with one attached hydrogen (secondary N) is 1. The Morgan fingerprint density at radius 1 is 1.43 bits per heavy atom. The predicted octanol–water partition coefficient (Wildman–Crippen LogP) is 2.29. The van der Waals surface area contributed by atoms with E-state index >= 15 is 0 Å². The molecule has 1 aliphatic heterocycles. The maximum absolute atomic E-state index is 12.3. The molecule has 1 amide bonds. The Morgan fingerprint density at radius 3 is 2.65 bits per heavy atom. The van der Waals surface area contributed by atoms with Gasteiger partial charge in [0.2, 0.25) is 10.0 Å². The Morgan fingerprint density at radius 2 is 2.09 bits per heavy atom. The van der Waals surface area contributed by atoms with E-state index < -0.39 is 10.0 Å². The molecule has 1 aliphatic rings. The van der Waals surface area contributed by atoms with Crippen LogP contribution < -0.4 is 4.72 Å². The number of hydrogen-bond donors (Lipinski definition) is 1.